The molecule has 0 saturated heterocycles. The number of rotatable bonds is 3. The molecule has 0 bridgehead atoms. The van der Waals surface area contributed by atoms with Crippen LogP contribution in [0.4, 0.5) is 0 Å². The third-order valence-electron chi connectivity index (χ3n) is 3.50. The fraction of sp³-hybridized carbons (Fsp3) is 0.250. The Labute approximate surface area is 123 Å². The normalized spacial score (nSPS) is 11.4. The zero-order valence-corrected chi connectivity index (χ0v) is 12.4. The van der Waals surface area contributed by atoms with E-state index < -0.39 is 0 Å². The molecular weight excluding hydrogens is 264 g/mol. The number of hydrogen-bond acceptors (Lipinski definition) is 4. The largest absolute Gasteiger partial charge is 0.506 e. The summed E-state index contributed by atoms with van der Waals surface area (Å²) < 4.78 is 0. The average molecular weight is 282 g/mol. The maximum Gasteiger partial charge on any atom is 0.143 e. The molecular formula is C16H18N4O. The van der Waals surface area contributed by atoms with Gasteiger partial charge in [0.05, 0.1) is 0 Å². The Kier molecular flexibility index (Phi) is 3.35. The first kappa shape index (κ1) is 13.6. The van der Waals surface area contributed by atoms with E-state index in [1.807, 2.05) is 26.2 Å². The molecule has 0 fully saturated rings. The Morgan fingerprint density at radius 1 is 1.10 bits per heavy atom. The fourth-order valence-corrected chi connectivity index (χ4v) is 2.41. The van der Waals surface area contributed by atoms with Crippen molar-refractivity contribution in [2.45, 2.75) is 13.5 Å². The highest BCUT2D eigenvalue weighted by atomic mass is 16.3. The SMILES string of the molecule is Cc1c(CN(C)C)ccc2nn(-c3ccccc3O)nc12. The van der Waals surface area contributed by atoms with Gasteiger partial charge in [-0.2, -0.15) is 0 Å². The molecule has 108 valence electrons. The van der Waals surface area contributed by atoms with Gasteiger partial charge < -0.3 is 10.0 Å². The highest BCUT2D eigenvalue weighted by molar-refractivity contribution is 5.79. The molecule has 0 radical (unpaired) electrons. The Morgan fingerprint density at radius 2 is 1.86 bits per heavy atom. The summed E-state index contributed by atoms with van der Waals surface area (Å²) >= 11 is 0. The molecule has 0 amide bonds. The van der Waals surface area contributed by atoms with Crippen LogP contribution in [0.15, 0.2) is 36.4 Å². The number of phenols is 1. The molecule has 0 aliphatic carbocycles. The van der Waals surface area contributed by atoms with Gasteiger partial charge in [-0.1, -0.05) is 18.2 Å². The van der Waals surface area contributed by atoms with Gasteiger partial charge in [0.15, 0.2) is 0 Å². The van der Waals surface area contributed by atoms with Gasteiger partial charge in [0.1, 0.15) is 22.5 Å². The topological polar surface area (TPSA) is 54.2 Å². The number of hydrogen-bond donors (Lipinski definition) is 1. The van der Waals surface area contributed by atoms with Crippen molar-refractivity contribution >= 4 is 11.0 Å². The molecule has 0 unspecified atom stereocenters. The molecule has 2 aromatic carbocycles. The lowest BCUT2D eigenvalue weighted by atomic mass is 10.1. The van der Waals surface area contributed by atoms with Gasteiger partial charge in [-0.3, -0.25) is 0 Å². The highest BCUT2D eigenvalue weighted by Gasteiger charge is 2.12. The second kappa shape index (κ2) is 5.18. The standard InChI is InChI=1S/C16H18N4O/c1-11-12(10-19(2)3)8-9-13-16(11)18-20(17-13)14-6-4-5-7-15(14)21/h4-9,21H,10H2,1-3H3. The van der Waals surface area contributed by atoms with Gasteiger partial charge >= 0.3 is 0 Å². The molecule has 5 nitrogen and oxygen atoms in total. The second-order valence-electron chi connectivity index (χ2n) is 5.43. The van der Waals surface area contributed by atoms with Crippen LogP contribution in [0.2, 0.25) is 0 Å². The van der Waals surface area contributed by atoms with Gasteiger partial charge in [0.25, 0.3) is 0 Å². The molecule has 0 spiro atoms. The van der Waals surface area contributed by atoms with Gasteiger partial charge in [-0.05, 0) is 50.3 Å². The van der Waals surface area contributed by atoms with E-state index in [2.05, 4.69) is 28.1 Å². The Balaban J connectivity index is 2.13. The molecule has 21 heavy (non-hydrogen) atoms. The summed E-state index contributed by atoms with van der Waals surface area (Å²) in [6.07, 6.45) is 0. The van der Waals surface area contributed by atoms with E-state index in [4.69, 9.17) is 0 Å². The van der Waals surface area contributed by atoms with E-state index in [0.717, 1.165) is 23.1 Å². The molecule has 5 heteroatoms. The Bertz CT molecular complexity index is 792. The average Bonchev–Trinajstić information content (AvgIpc) is 2.87. The Hall–Kier alpha value is -2.40. The van der Waals surface area contributed by atoms with E-state index in [1.165, 1.54) is 10.4 Å². The number of aromatic nitrogens is 3. The first-order valence-corrected chi connectivity index (χ1v) is 6.85. The minimum Gasteiger partial charge on any atom is -0.506 e. The number of fused-ring (bicyclic) bond motifs is 1. The molecule has 3 rings (SSSR count). The molecule has 1 heterocycles. The smallest absolute Gasteiger partial charge is 0.143 e. The van der Waals surface area contributed by atoms with Gasteiger partial charge in [-0.25, -0.2) is 0 Å². The van der Waals surface area contributed by atoms with Crippen molar-refractivity contribution in [1.82, 2.24) is 19.9 Å². The van der Waals surface area contributed by atoms with E-state index >= 15 is 0 Å². The van der Waals surface area contributed by atoms with Crippen LogP contribution >= 0.6 is 0 Å². The van der Waals surface area contributed by atoms with E-state index in [9.17, 15) is 5.11 Å². The zero-order chi connectivity index (χ0) is 15.0. The second-order valence-corrected chi connectivity index (χ2v) is 5.43. The summed E-state index contributed by atoms with van der Waals surface area (Å²) in [6, 6.07) is 11.1. The monoisotopic (exact) mass is 282 g/mol. The van der Waals surface area contributed by atoms with Crippen LogP contribution in [-0.4, -0.2) is 39.1 Å². The summed E-state index contributed by atoms with van der Waals surface area (Å²) in [5.74, 6) is 0.170. The number of phenolic OH excluding ortho intramolecular Hbond substituents is 1. The summed E-state index contributed by atoms with van der Waals surface area (Å²) in [7, 11) is 4.09. The summed E-state index contributed by atoms with van der Waals surface area (Å²) in [4.78, 5) is 3.62. The van der Waals surface area contributed by atoms with Crippen molar-refractivity contribution in [3.63, 3.8) is 0 Å². The molecule has 0 saturated carbocycles. The molecule has 0 atom stereocenters. The number of para-hydroxylation sites is 2. The van der Waals surface area contributed by atoms with Crippen LogP contribution in [0.5, 0.6) is 5.75 Å². The summed E-state index contributed by atoms with van der Waals surface area (Å²) in [5.41, 5.74) is 4.65. The van der Waals surface area contributed by atoms with Crippen molar-refractivity contribution in [3.05, 3.63) is 47.5 Å². The lowest BCUT2D eigenvalue weighted by Crippen LogP contribution is -2.11. The van der Waals surface area contributed by atoms with Crippen LogP contribution in [0.25, 0.3) is 16.7 Å². The van der Waals surface area contributed by atoms with Crippen molar-refractivity contribution in [1.29, 1.82) is 0 Å². The van der Waals surface area contributed by atoms with Crippen molar-refractivity contribution in [2.75, 3.05) is 14.1 Å². The molecule has 3 aromatic rings. The maximum absolute atomic E-state index is 9.92. The molecule has 1 N–H and O–H groups in total. The van der Waals surface area contributed by atoms with E-state index in [1.54, 1.807) is 18.2 Å². The third kappa shape index (κ3) is 2.48. The van der Waals surface area contributed by atoms with Crippen molar-refractivity contribution < 1.29 is 5.11 Å². The van der Waals surface area contributed by atoms with E-state index in [0.29, 0.717) is 5.69 Å². The quantitative estimate of drug-likeness (QED) is 0.802. The number of aromatic hydroxyl groups is 1. The molecule has 0 aliphatic heterocycles. The minimum absolute atomic E-state index is 0.170. The number of aryl methyl sites for hydroxylation is 1. The van der Waals surface area contributed by atoms with Crippen LogP contribution < -0.4 is 0 Å². The fourth-order valence-electron chi connectivity index (χ4n) is 2.41. The maximum atomic E-state index is 9.92. The molecule has 0 aliphatic rings. The summed E-state index contributed by atoms with van der Waals surface area (Å²) in [5, 5.41) is 18.9. The number of nitrogens with zero attached hydrogens (tertiary/aromatic N) is 4. The highest BCUT2D eigenvalue weighted by Crippen LogP contribution is 2.24. The van der Waals surface area contributed by atoms with Crippen molar-refractivity contribution in [2.24, 2.45) is 0 Å². The van der Waals surface area contributed by atoms with Gasteiger partial charge in [0.2, 0.25) is 0 Å². The zero-order valence-electron chi connectivity index (χ0n) is 12.4. The van der Waals surface area contributed by atoms with Gasteiger partial charge in [0, 0.05) is 6.54 Å². The Morgan fingerprint density at radius 3 is 2.57 bits per heavy atom. The predicted octanol–water partition coefficient (Wildman–Crippen LogP) is 2.50. The first-order chi connectivity index (χ1) is 10.1. The third-order valence-corrected chi connectivity index (χ3v) is 3.50. The predicted molar refractivity (Wildman–Crippen MR) is 82.7 cm³/mol. The van der Waals surface area contributed by atoms with Crippen LogP contribution in [0.1, 0.15) is 11.1 Å². The van der Waals surface area contributed by atoms with Gasteiger partial charge in [-0.15, -0.1) is 15.0 Å². The van der Waals surface area contributed by atoms with Crippen LogP contribution in [0.3, 0.4) is 0 Å². The minimum atomic E-state index is 0.170. The lowest BCUT2D eigenvalue weighted by molar-refractivity contribution is 0.402. The number of benzene rings is 2. The lowest BCUT2D eigenvalue weighted by Gasteiger charge is -2.11. The summed E-state index contributed by atoms with van der Waals surface area (Å²) in [6.45, 7) is 2.93. The van der Waals surface area contributed by atoms with Crippen LogP contribution in [-0.2, 0) is 6.54 Å². The molecule has 1 aromatic heterocycles. The van der Waals surface area contributed by atoms with E-state index in [-0.39, 0.29) is 5.75 Å². The first-order valence-electron chi connectivity index (χ1n) is 6.85. The van der Waals surface area contributed by atoms with Crippen molar-refractivity contribution in [3.8, 4) is 11.4 Å². The van der Waals surface area contributed by atoms with Crippen LogP contribution in [0, 0.1) is 6.92 Å².